The molecule has 1 aliphatic heterocycles. The second-order valence-electron chi connectivity index (χ2n) is 5.69. The predicted molar refractivity (Wildman–Crippen MR) is 99.5 cm³/mol. The quantitative estimate of drug-likeness (QED) is 0.793. The summed E-state index contributed by atoms with van der Waals surface area (Å²) in [5, 5.41) is 9.07. The van der Waals surface area contributed by atoms with Gasteiger partial charge in [-0.05, 0) is 60.8 Å². The predicted octanol–water partition coefficient (Wildman–Crippen LogP) is 3.72. The molecule has 0 fully saturated rings. The number of carbonyl (C=O) groups is 1. The maximum absolute atomic E-state index is 12.2. The summed E-state index contributed by atoms with van der Waals surface area (Å²) in [6.07, 6.45) is 0.984. The van der Waals surface area contributed by atoms with Crippen LogP contribution in [0.15, 0.2) is 36.4 Å². The van der Waals surface area contributed by atoms with Crippen LogP contribution in [0.3, 0.4) is 0 Å². The fourth-order valence-corrected chi connectivity index (χ4v) is 2.76. The van der Waals surface area contributed by atoms with Crippen LogP contribution < -0.4 is 20.7 Å². The maximum atomic E-state index is 12.2. The molecule has 0 saturated carbocycles. The van der Waals surface area contributed by atoms with E-state index in [1.54, 1.807) is 7.11 Å². The van der Waals surface area contributed by atoms with Crippen molar-refractivity contribution in [1.82, 2.24) is 5.32 Å². The van der Waals surface area contributed by atoms with Crippen molar-refractivity contribution in [2.75, 3.05) is 24.3 Å². The van der Waals surface area contributed by atoms with Gasteiger partial charge in [0.2, 0.25) is 0 Å². The molecule has 6 heteroatoms. The molecule has 0 aliphatic carbocycles. The third-order valence-electron chi connectivity index (χ3n) is 3.95. The molecule has 1 heterocycles. The molecule has 0 radical (unpaired) electrons. The Bertz CT molecular complexity index is 734. The minimum atomic E-state index is -0.275. The number of anilines is 2. The minimum Gasteiger partial charge on any atom is -0.495 e. The molecule has 0 saturated heterocycles. The lowest BCUT2D eigenvalue weighted by atomic mass is 10.0. The molecule has 3 rings (SSSR count). The maximum Gasteiger partial charge on any atom is 0.323 e. The van der Waals surface area contributed by atoms with Crippen LogP contribution in [0.2, 0.25) is 0 Å². The number of benzene rings is 2. The Kier molecular flexibility index (Phi) is 6.06. The zero-order valence-corrected chi connectivity index (χ0v) is 14.6. The first kappa shape index (κ1) is 18.1. The molecule has 0 bridgehead atoms. The van der Waals surface area contributed by atoms with Gasteiger partial charge in [0.25, 0.3) is 0 Å². The Morgan fingerprint density at radius 3 is 2.75 bits per heavy atom. The highest BCUT2D eigenvalue weighted by Crippen LogP contribution is 2.25. The summed E-state index contributed by atoms with van der Waals surface area (Å²) in [7, 11) is 1.59. The zero-order valence-electron chi connectivity index (χ0n) is 13.8. The van der Waals surface area contributed by atoms with Crippen molar-refractivity contribution in [2.45, 2.75) is 19.9 Å². The van der Waals surface area contributed by atoms with Gasteiger partial charge in [-0.1, -0.05) is 12.1 Å². The van der Waals surface area contributed by atoms with Crippen molar-refractivity contribution in [3.63, 3.8) is 0 Å². The van der Waals surface area contributed by atoms with Gasteiger partial charge in [-0.25, -0.2) is 4.79 Å². The smallest absolute Gasteiger partial charge is 0.323 e. The van der Waals surface area contributed by atoms with E-state index in [1.807, 2.05) is 37.3 Å². The number of fused-ring (bicyclic) bond motifs is 1. The van der Waals surface area contributed by atoms with Crippen LogP contribution in [0, 0.1) is 6.92 Å². The van der Waals surface area contributed by atoms with Gasteiger partial charge in [-0.3, -0.25) is 0 Å². The normalized spacial score (nSPS) is 12.6. The summed E-state index contributed by atoms with van der Waals surface area (Å²) in [4.78, 5) is 12.2. The summed E-state index contributed by atoms with van der Waals surface area (Å²) in [5.41, 5.74) is 5.10. The summed E-state index contributed by atoms with van der Waals surface area (Å²) < 4.78 is 5.28. The van der Waals surface area contributed by atoms with Gasteiger partial charge in [0.1, 0.15) is 5.75 Å². The number of aryl methyl sites for hydroxylation is 1. The van der Waals surface area contributed by atoms with Crippen molar-refractivity contribution in [3.05, 3.63) is 53.1 Å². The number of hydrogen-bond donors (Lipinski definition) is 3. The highest BCUT2D eigenvalue weighted by Gasteiger charge is 2.11. The number of ether oxygens (including phenoxy) is 1. The molecule has 3 N–H and O–H groups in total. The van der Waals surface area contributed by atoms with Gasteiger partial charge in [0, 0.05) is 12.2 Å². The van der Waals surface area contributed by atoms with Gasteiger partial charge in [0.05, 0.1) is 12.8 Å². The molecule has 0 unspecified atom stereocenters. The average Bonchev–Trinajstić information content (AvgIpc) is 2.55. The van der Waals surface area contributed by atoms with Crippen LogP contribution in [0.25, 0.3) is 0 Å². The third-order valence-corrected chi connectivity index (χ3v) is 3.95. The van der Waals surface area contributed by atoms with Crippen LogP contribution in [0.4, 0.5) is 16.2 Å². The summed E-state index contributed by atoms with van der Waals surface area (Å²) >= 11 is 0. The highest BCUT2D eigenvalue weighted by atomic mass is 35.5. The molecule has 2 aromatic rings. The largest absolute Gasteiger partial charge is 0.495 e. The lowest BCUT2D eigenvalue weighted by Crippen LogP contribution is -2.24. The van der Waals surface area contributed by atoms with Crippen LogP contribution in [-0.4, -0.2) is 19.7 Å². The van der Waals surface area contributed by atoms with Crippen molar-refractivity contribution in [2.24, 2.45) is 0 Å². The summed E-state index contributed by atoms with van der Waals surface area (Å²) in [6.45, 7) is 3.84. The van der Waals surface area contributed by atoms with E-state index in [0.717, 1.165) is 30.8 Å². The first-order chi connectivity index (χ1) is 11.2. The van der Waals surface area contributed by atoms with E-state index in [0.29, 0.717) is 11.4 Å². The highest BCUT2D eigenvalue weighted by molar-refractivity contribution is 6.00. The number of methoxy groups -OCH3 is 1. The van der Waals surface area contributed by atoms with Crippen molar-refractivity contribution < 1.29 is 9.53 Å². The van der Waals surface area contributed by atoms with E-state index in [-0.39, 0.29) is 18.4 Å². The number of amides is 2. The number of urea groups is 1. The second kappa shape index (κ2) is 8.04. The molecule has 24 heavy (non-hydrogen) atoms. The summed E-state index contributed by atoms with van der Waals surface area (Å²) in [5.74, 6) is 0.641. The number of carbonyl (C=O) groups excluding carboxylic acids is 1. The first-order valence-electron chi connectivity index (χ1n) is 7.71. The lowest BCUT2D eigenvalue weighted by molar-refractivity contribution is 0.262. The third kappa shape index (κ3) is 4.19. The molecule has 2 aromatic carbocycles. The van der Waals surface area contributed by atoms with Gasteiger partial charge in [-0.2, -0.15) is 0 Å². The standard InChI is InChI=1S/C18H21N3O2.ClH/c1-12-3-6-17(23-2)16(9-12)21-18(22)20-15-5-4-14-11-19-8-7-13(14)10-15;/h3-6,9-10,19H,7-8,11H2,1-2H3,(H2,20,21,22);1H. The monoisotopic (exact) mass is 347 g/mol. The van der Waals surface area contributed by atoms with Gasteiger partial charge in [0.15, 0.2) is 0 Å². The SMILES string of the molecule is COc1ccc(C)cc1NC(=O)Nc1ccc2c(c1)CCNC2.Cl. The Labute approximate surface area is 148 Å². The molecule has 2 amide bonds. The minimum absolute atomic E-state index is 0. The number of nitrogens with one attached hydrogen (secondary N) is 3. The summed E-state index contributed by atoms with van der Waals surface area (Å²) in [6, 6.07) is 11.4. The van der Waals surface area contributed by atoms with Crippen molar-refractivity contribution in [3.8, 4) is 5.75 Å². The van der Waals surface area contributed by atoms with Gasteiger partial charge < -0.3 is 20.7 Å². The van der Waals surface area contributed by atoms with Crippen molar-refractivity contribution >= 4 is 29.8 Å². The van der Waals surface area contributed by atoms with Crippen LogP contribution >= 0.6 is 12.4 Å². The van der Waals surface area contributed by atoms with E-state index >= 15 is 0 Å². The zero-order chi connectivity index (χ0) is 16.2. The first-order valence-corrected chi connectivity index (χ1v) is 7.71. The van der Waals surface area contributed by atoms with Crippen molar-refractivity contribution in [1.29, 1.82) is 0 Å². The molecule has 1 aliphatic rings. The van der Waals surface area contributed by atoms with E-state index < -0.39 is 0 Å². The fraction of sp³-hybridized carbons (Fsp3) is 0.278. The van der Waals surface area contributed by atoms with E-state index in [1.165, 1.54) is 11.1 Å². The molecule has 0 aromatic heterocycles. The molecular weight excluding hydrogens is 326 g/mol. The van der Waals surface area contributed by atoms with Gasteiger partial charge in [-0.15, -0.1) is 12.4 Å². The number of hydrogen-bond acceptors (Lipinski definition) is 3. The topological polar surface area (TPSA) is 62.4 Å². The molecular formula is C18H22ClN3O2. The average molecular weight is 348 g/mol. The number of rotatable bonds is 3. The van der Waals surface area contributed by atoms with Crippen LogP contribution in [0.5, 0.6) is 5.75 Å². The van der Waals surface area contributed by atoms with E-state index in [9.17, 15) is 4.79 Å². The molecule has 128 valence electrons. The Balaban J connectivity index is 0.00000208. The van der Waals surface area contributed by atoms with Gasteiger partial charge >= 0.3 is 6.03 Å². The Morgan fingerprint density at radius 2 is 1.96 bits per heavy atom. The molecule has 0 atom stereocenters. The Hall–Kier alpha value is -2.24. The van der Waals surface area contributed by atoms with Crippen LogP contribution in [-0.2, 0) is 13.0 Å². The fourth-order valence-electron chi connectivity index (χ4n) is 2.76. The van der Waals surface area contributed by atoms with Crippen LogP contribution in [0.1, 0.15) is 16.7 Å². The molecule has 0 spiro atoms. The second-order valence-corrected chi connectivity index (χ2v) is 5.69. The number of halogens is 1. The van der Waals surface area contributed by atoms with E-state index in [2.05, 4.69) is 22.0 Å². The van der Waals surface area contributed by atoms with E-state index in [4.69, 9.17) is 4.74 Å². The lowest BCUT2D eigenvalue weighted by Gasteiger charge is -2.18. The Morgan fingerprint density at radius 1 is 1.12 bits per heavy atom. The molecule has 5 nitrogen and oxygen atoms in total.